The van der Waals surface area contributed by atoms with Crippen molar-refractivity contribution in [1.29, 1.82) is 0 Å². The number of aliphatic hydroxyl groups is 11. The third kappa shape index (κ3) is 38.4. The average Bonchev–Trinajstić information content (AvgIpc) is 0.756. The van der Waals surface area contributed by atoms with Crippen molar-refractivity contribution in [3.63, 3.8) is 0 Å². The van der Waals surface area contributed by atoms with Gasteiger partial charge < -0.3 is 100 Å². The van der Waals surface area contributed by atoms with Gasteiger partial charge in [0.15, 0.2) is 12.6 Å². The Labute approximate surface area is 608 Å². The molecule has 23 nitrogen and oxygen atoms in total. The fourth-order valence-corrected chi connectivity index (χ4v) is 14.6. The zero-order valence-electron chi connectivity index (χ0n) is 63.0. The van der Waals surface area contributed by atoms with Crippen molar-refractivity contribution < 1.29 is 104 Å². The van der Waals surface area contributed by atoms with Gasteiger partial charge in [-0.05, 0) is 12.8 Å². The van der Waals surface area contributed by atoms with E-state index >= 15 is 0 Å². The molecule has 0 saturated carbocycles. The van der Waals surface area contributed by atoms with Crippen LogP contribution in [0.25, 0.3) is 0 Å². The number of ether oxygens (including phenoxy) is 6. The zero-order valence-corrected chi connectivity index (χ0v) is 63.0. The monoisotopic (exact) mass is 1450 g/mol. The summed E-state index contributed by atoms with van der Waals surface area (Å²) in [5.74, 6) is -6.09. The van der Waals surface area contributed by atoms with Crippen LogP contribution in [0.4, 0.5) is 0 Å². The second-order valence-electron chi connectivity index (χ2n) is 30.0. The number of amides is 2. The highest BCUT2D eigenvalue weighted by molar-refractivity contribution is 5.77. The van der Waals surface area contributed by atoms with Crippen molar-refractivity contribution in [3.05, 3.63) is 0 Å². The molecule has 2 amide bonds. The van der Waals surface area contributed by atoms with E-state index in [1.165, 1.54) is 244 Å². The Bertz CT molecular complexity index is 2020. The number of aliphatic carboxylic acids is 1. The molecule has 3 heterocycles. The lowest BCUT2D eigenvalue weighted by Gasteiger charge is -2.50. The molecule has 0 aromatic carbocycles. The van der Waals surface area contributed by atoms with Gasteiger partial charge in [0.1, 0.15) is 67.1 Å². The highest BCUT2D eigenvalue weighted by atomic mass is 16.8. The molecule has 596 valence electrons. The van der Waals surface area contributed by atoms with Crippen molar-refractivity contribution in [3.8, 4) is 0 Å². The van der Waals surface area contributed by atoms with Crippen molar-refractivity contribution >= 4 is 17.8 Å². The SMILES string of the molecule is CCCCCCCCCCCCCCCCCCCCCCCCCCCCCCCCCC(=O)NC(COC1OC(CO)C(OC2OC(CO)C(O)C(OC3(C(=O)O)CC(O)C(NC(C)=O)C(C(O)C(O)CO)O3)C2O)C(O)C1O)C(O)CCCCCCCCCCCCCCCCCC. The molecule has 18 unspecified atom stereocenters. The summed E-state index contributed by atoms with van der Waals surface area (Å²) in [4.78, 5) is 38.7. The second-order valence-corrected chi connectivity index (χ2v) is 30.0. The van der Waals surface area contributed by atoms with E-state index in [0.29, 0.717) is 19.3 Å². The Kier molecular flexibility index (Phi) is 53.2. The van der Waals surface area contributed by atoms with Crippen LogP contribution in [0.2, 0.25) is 0 Å². The molecular formula is C78H148N2O21. The van der Waals surface area contributed by atoms with Crippen LogP contribution in [-0.2, 0) is 42.8 Å². The Morgan fingerprint density at radius 2 is 0.861 bits per heavy atom. The minimum Gasteiger partial charge on any atom is -0.477 e. The van der Waals surface area contributed by atoms with Crippen molar-refractivity contribution in [1.82, 2.24) is 10.6 Å². The molecule has 3 rings (SSSR count). The first-order chi connectivity index (χ1) is 48.9. The maximum absolute atomic E-state index is 13.5. The highest BCUT2D eigenvalue weighted by Crippen LogP contribution is 2.39. The number of carbonyl (C=O) groups excluding carboxylic acids is 2. The number of carboxylic acid groups (broad SMARTS) is 1. The molecule has 23 heteroatoms. The van der Waals surface area contributed by atoms with E-state index in [2.05, 4.69) is 24.5 Å². The highest BCUT2D eigenvalue weighted by Gasteiger charge is 2.60. The Morgan fingerprint density at radius 3 is 1.24 bits per heavy atom. The zero-order chi connectivity index (χ0) is 73.9. The van der Waals surface area contributed by atoms with Gasteiger partial charge in [0.05, 0.1) is 50.7 Å². The molecule has 3 saturated heterocycles. The van der Waals surface area contributed by atoms with Gasteiger partial charge in [0.25, 0.3) is 5.79 Å². The topological polar surface area (TPSA) is 373 Å². The number of carbonyl (C=O) groups is 3. The predicted molar refractivity (Wildman–Crippen MR) is 389 cm³/mol. The number of hydrogen-bond donors (Lipinski definition) is 14. The van der Waals surface area contributed by atoms with Crippen LogP contribution in [0.5, 0.6) is 0 Å². The smallest absolute Gasteiger partial charge is 0.364 e. The molecule has 0 aromatic rings. The van der Waals surface area contributed by atoms with Crippen LogP contribution in [0, 0.1) is 0 Å². The second kappa shape index (κ2) is 57.8. The molecule has 0 radical (unpaired) electrons. The Balaban J connectivity index is 1.46. The van der Waals surface area contributed by atoms with Crippen LogP contribution in [0.15, 0.2) is 0 Å². The third-order valence-corrected chi connectivity index (χ3v) is 21.1. The molecule has 3 aliphatic heterocycles. The molecule has 3 aliphatic rings. The predicted octanol–water partition coefficient (Wildman–Crippen LogP) is 10.8. The van der Waals surface area contributed by atoms with Gasteiger partial charge in [0, 0.05) is 19.8 Å². The molecule has 101 heavy (non-hydrogen) atoms. The standard InChI is InChI=1S/C78H148N2O21/c1-4-6-8-10-12-14-16-18-20-22-23-24-25-26-27-28-29-30-31-32-33-34-35-36-38-40-42-44-46-48-50-52-65(88)80-59(60(85)51-49-47-45-43-41-39-37-21-19-17-15-13-11-9-7-5-2)57-96-75-70(92)69(91)72(64(56-83)98-75)99-76-71(93)74(68(90)63(55-82)97-76)101-78(77(94)95)53-61(86)66(79-58(3)84)73(100-78)67(89)62(87)54-81/h59-64,66-76,81-83,85-87,89-93H,4-57H2,1-3H3,(H,79,84)(H,80,88)(H,94,95). The van der Waals surface area contributed by atoms with E-state index in [4.69, 9.17) is 28.4 Å². The van der Waals surface area contributed by atoms with Crippen LogP contribution in [0.3, 0.4) is 0 Å². The lowest BCUT2D eigenvalue weighted by Crippen LogP contribution is -2.70. The summed E-state index contributed by atoms with van der Waals surface area (Å²) < 4.78 is 35.0. The summed E-state index contributed by atoms with van der Waals surface area (Å²) in [6.07, 6.45) is 31.1. The summed E-state index contributed by atoms with van der Waals surface area (Å²) in [5.41, 5.74) is 0. The molecule has 14 N–H and O–H groups in total. The summed E-state index contributed by atoms with van der Waals surface area (Å²) >= 11 is 0. The van der Waals surface area contributed by atoms with Gasteiger partial charge >= 0.3 is 5.97 Å². The van der Waals surface area contributed by atoms with Crippen LogP contribution < -0.4 is 10.6 Å². The molecular weight excluding hydrogens is 1300 g/mol. The largest absolute Gasteiger partial charge is 0.477 e. The summed E-state index contributed by atoms with van der Waals surface area (Å²) in [6, 6.07) is -2.53. The van der Waals surface area contributed by atoms with E-state index in [0.717, 1.165) is 51.9 Å². The molecule has 0 aromatic heterocycles. The average molecular weight is 1450 g/mol. The number of nitrogens with one attached hydrogen (secondary N) is 2. The molecule has 18 atom stereocenters. The van der Waals surface area contributed by atoms with E-state index in [-0.39, 0.29) is 18.9 Å². The molecule has 0 aliphatic carbocycles. The summed E-state index contributed by atoms with van der Waals surface area (Å²) in [7, 11) is 0. The number of rotatable bonds is 65. The van der Waals surface area contributed by atoms with Gasteiger partial charge in [-0.2, -0.15) is 0 Å². The van der Waals surface area contributed by atoms with Crippen molar-refractivity contribution in [2.24, 2.45) is 0 Å². The molecule has 3 fully saturated rings. The number of unbranched alkanes of at least 4 members (excludes halogenated alkanes) is 45. The van der Waals surface area contributed by atoms with E-state index < -0.39 is 148 Å². The lowest BCUT2D eigenvalue weighted by molar-refractivity contribution is -0.386. The molecule has 0 spiro atoms. The number of aliphatic hydroxyl groups excluding tert-OH is 11. The maximum atomic E-state index is 13.5. The quantitative estimate of drug-likeness (QED) is 0.0252. The first-order valence-corrected chi connectivity index (χ1v) is 40.9. The number of hydrogen-bond acceptors (Lipinski definition) is 20. The fourth-order valence-electron chi connectivity index (χ4n) is 14.6. The summed E-state index contributed by atoms with van der Waals surface area (Å²) in [5, 5.41) is 136. The third-order valence-electron chi connectivity index (χ3n) is 21.1. The summed E-state index contributed by atoms with van der Waals surface area (Å²) in [6.45, 7) is 2.26. The Morgan fingerprint density at radius 1 is 0.475 bits per heavy atom. The van der Waals surface area contributed by atoms with Crippen molar-refractivity contribution in [2.45, 2.75) is 452 Å². The van der Waals surface area contributed by atoms with Gasteiger partial charge in [-0.15, -0.1) is 0 Å². The minimum absolute atomic E-state index is 0.230. The van der Waals surface area contributed by atoms with Gasteiger partial charge in [-0.1, -0.05) is 309 Å². The van der Waals surface area contributed by atoms with Crippen LogP contribution >= 0.6 is 0 Å². The van der Waals surface area contributed by atoms with Gasteiger partial charge in [-0.3, -0.25) is 9.59 Å². The first-order valence-electron chi connectivity index (χ1n) is 40.9. The molecule has 0 bridgehead atoms. The van der Waals surface area contributed by atoms with Crippen LogP contribution in [-0.4, -0.2) is 215 Å². The van der Waals surface area contributed by atoms with E-state index in [1.807, 2.05) is 0 Å². The van der Waals surface area contributed by atoms with Gasteiger partial charge in [-0.25, -0.2) is 4.79 Å². The van der Waals surface area contributed by atoms with E-state index in [9.17, 15) is 75.7 Å². The van der Waals surface area contributed by atoms with Gasteiger partial charge in [0.2, 0.25) is 11.8 Å². The maximum Gasteiger partial charge on any atom is 0.364 e. The Hall–Kier alpha value is -2.27. The lowest BCUT2D eigenvalue weighted by atomic mass is 9.88. The number of carboxylic acids is 1. The van der Waals surface area contributed by atoms with Crippen LogP contribution in [0.1, 0.15) is 342 Å². The van der Waals surface area contributed by atoms with Crippen molar-refractivity contribution in [2.75, 3.05) is 26.4 Å². The first kappa shape index (κ1) is 92.9. The minimum atomic E-state index is -3.08. The normalized spacial score (nSPS) is 26.7. The fraction of sp³-hybridized carbons (Fsp3) is 0.962. The van der Waals surface area contributed by atoms with E-state index in [1.54, 1.807) is 0 Å².